The zero-order valence-electron chi connectivity index (χ0n) is 9.92. The minimum Gasteiger partial charge on any atom is -0.491 e. The Hall–Kier alpha value is -1.10. The summed E-state index contributed by atoms with van der Waals surface area (Å²) >= 11 is 0. The Kier molecular flexibility index (Phi) is 4.79. The zero-order valence-corrected chi connectivity index (χ0v) is 9.92. The van der Waals surface area contributed by atoms with Gasteiger partial charge in [-0.05, 0) is 12.1 Å². The Morgan fingerprint density at radius 1 is 1.35 bits per heavy atom. The standard InChI is InChI=1S/C13H19NO3/c15-8-6-14-7-9-16-13(10-14)11-17-12-4-2-1-3-5-12/h1-5,13,15H,6-11H2/t13-/m0/s1. The predicted molar refractivity (Wildman–Crippen MR) is 65.2 cm³/mol. The van der Waals surface area contributed by atoms with E-state index in [1.807, 2.05) is 30.3 Å². The Morgan fingerprint density at radius 2 is 2.18 bits per heavy atom. The van der Waals surface area contributed by atoms with Gasteiger partial charge in [0.25, 0.3) is 0 Å². The molecule has 17 heavy (non-hydrogen) atoms. The SMILES string of the molecule is OCCN1CCO[C@H](COc2ccccc2)C1. The number of para-hydroxylation sites is 1. The second kappa shape index (κ2) is 6.59. The van der Waals surface area contributed by atoms with Crippen molar-refractivity contribution < 1.29 is 14.6 Å². The van der Waals surface area contributed by atoms with Crippen LogP contribution in [0.1, 0.15) is 0 Å². The van der Waals surface area contributed by atoms with Crippen molar-refractivity contribution in [3.05, 3.63) is 30.3 Å². The van der Waals surface area contributed by atoms with Crippen molar-refractivity contribution in [2.24, 2.45) is 0 Å². The van der Waals surface area contributed by atoms with Crippen LogP contribution < -0.4 is 4.74 Å². The lowest BCUT2D eigenvalue weighted by molar-refractivity contribution is -0.0508. The van der Waals surface area contributed by atoms with Crippen LogP contribution in [0.2, 0.25) is 0 Å². The van der Waals surface area contributed by atoms with E-state index in [2.05, 4.69) is 4.90 Å². The molecule has 1 aliphatic rings. The number of rotatable bonds is 5. The third kappa shape index (κ3) is 4.00. The van der Waals surface area contributed by atoms with E-state index in [1.54, 1.807) is 0 Å². The first-order chi connectivity index (χ1) is 8.38. The monoisotopic (exact) mass is 237 g/mol. The van der Waals surface area contributed by atoms with Crippen molar-refractivity contribution in [1.82, 2.24) is 4.90 Å². The fourth-order valence-corrected chi connectivity index (χ4v) is 1.93. The van der Waals surface area contributed by atoms with Gasteiger partial charge in [-0.25, -0.2) is 0 Å². The molecule has 1 aromatic rings. The van der Waals surface area contributed by atoms with Crippen LogP contribution >= 0.6 is 0 Å². The molecule has 4 heteroatoms. The van der Waals surface area contributed by atoms with Crippen molar-refractivity contribution >= 4 is 0 Å². The lowest BCUT2D eigenvalue weighted by Gasteiger charge is -2.32. The first-order valence-corrected chi connectivity index (χ1v) is 6.01. The molecule has 2 rings (SSSR count). The van der Waals surface area contributed by atoms with Crippen LogP contribution in [0.3, 0.4) is 0 Å². The smallest absolute Gasteiger partial charge is 0.119 e. The van der Waals surface area contributed by atoms with E-state index < -0.39 is 0 Å². The van der Waals surface area contributed by atoms with E-state index in [4.69, 9.17) is 14.6 Å². The van der Waals surface area contributed by atoms with Crippen molar-refractivity contribution in [3.63, 3.8) is 0 Å². The van der Waals surface area contributed by atoms with Crippen LogP contribution in [0.25, 0.3) is 0 Å². The number of ether oxygens (including phenoxy) is 2. The lowest BCUT2D eigenvalue weighted by Crippen LogP contribution is -2.45. The molecule has 1 saturated heterocycles. The van der Waals surface area contributed by atoms with E-state index in [0.29, 0.717) is 19.8 Å². The molecule has 0 unspecified atom stereocenters. The van der Waals surface area contributed by atoms with E-state index in [0.717, 1.165) is 18.8 Å². The number of hydrogen-bond donors (Lipinski definition) is 1. The number of morpholine rings is 1. The molecule has 0 aromatic heterocycles. The second-order valence-electron chi connectivity index (χ2n) is 4.14. The normalized spacial score (nSPS) is 21.4. The first-order valence-electron chi connectivity index (χ1n) is 6.01. The summed E-state index contributed by atoms with van der Waals surface area (Å²) in [6.07, 6.45) is 0.0931. The quantitative estimate of drug-likeness (QED) is 0.821. The molecule has 0 amide bonds. The predicted octanol–water partition coefficient (Wildman–Crippen LogP) is 0.758. The highest BCUT2D eigenvalue weighted by atomic mass is 16.5. The van der Waals surface area contributed by atoms with Gasteiger partial charge in [0, 0.05) is 19.6 Å². The highest BCUT2D eigenvalue weighted by Crippen LogP contribution is 2.11. The molecule has 0 bridgehead atoms. The summed E-state index contributed by atoms with van der Waals surface area (Å²) in [5, 5.41) is 8.90. The summed E-state index contributed by atoms with van der Waals surface area (Å²) in [6, 6.07) is 9.75. The zero-order chi connectivity index (χ0) is 11.9. The summed E-state index contributed by atoms with van der Waals surface area (Å²) in [5.74, 6) is 0.871. The van der Waals surface area contributed by atoms with Crippen LogP contribution in [-0.4, -0.2) is 55.6 Å². The van der Waals surface area contributed by atoms with Gasteiger partial charge in [0.1, 0.15) is 18.5 Å². The highest BCUT2D eigenvalue weighted by Gasteiger charge is 2.20. The molecule has 94 valence electrons. The topological polar surface area (TPSA) is 41.9 Å². The molecule has 1 heterocycles. The van der Waals surface area contributed by atoms with Crippen molar-refractivity contribution in [1.29, 1.82) is 0 Å². The molecule has 1 N–H and O–H groups in total. The fourth-order valence-electron chi connectivity index (χ4n) is 1.93. The minimum absolute atomic E-state index is 0.0931. The molecule has 4 nitrogen and oxygen atoms in total. The van der Waals surface area contributed by atoms with Crippen molar-refractivity contribution in [3.8, 4) is 5.75 Å². The van der Waals surface area contributed by atoms with E-state index in [-0.39, 0.29) is 12.7 Å². The fraction of sp³-hybridized carbons (Fsp3) is 0.538. The molecule has 1 aromatic carbocycles. The Bertz CT molecular complexity index is 316. The van der Waals surface area contributed by atoms with Gasteiger partial charge < -0.3 is 14.6 Å². The molecule has 1 fully saturated rings. The molecule has 0 aliphatic carbocycles. The minimum atomic E-state index is 0.0931. The van der Waals surface area contributed by atoms with Gasteiger partial charge in [-0.2, -0.15) is 0 Å². The summed E-state index contributed by atoms with van der Waals surface area (Å²) in [5.41, 5.74) is 0. The Morgan fingerprint density at radius 3 is 2.94 bits per heavy atom. The summed E-state index contributed by atoms with van der Waals surface area (Å²) < 4.78 is 11.3. The molecule has 1 aliphatic heterocycles. The number of benzene rings is 1. The number of hydrogen-bond acceptors (Lipinski definition) is 4. The van der Waals surface area contributed by atoms with Gasteiger partial charge in [-0.15, -0.1) is 0 Å². The summed E-state index contributed by atoms with van der Waals surface area (Å²) in [4.78, 5) is 2.20. The average Bonchev–Trinajstić information content (AvgIpc) is 2.39. The van der Waals surface area contributed by atoms with Crippen molar-refractivity contribution in [2.75, 3.05) is 39.5 Å². The number of nitrogens with zero attached hydrogens (tertiary/aromatic N) is 1. The maximum absolute atomic E-state index is 8.90. The van der Waals surface area contributed by atoms with Crippen LogP contribution in [0.5, 0.6) is 5.75 Å². The van der Waals surface area contributed by atoms with Crippen LogP contribution in [0.15, 0.2) is 30.3 Å². The van der Waals surface area contributed by atoms with E-state index >= 15 is 0 Å². The van der Waals surface area contributed by atoms with Gasteiger partial charge >= 0.3 is 0 Å². The number of aliphatic hydroxyl groups is 1. The van der Waals surface area contributed by atoms with Crippen LogP contribution in [0.4, 0.5) is 0 Å². The molecule has 0 saturated carbocycles. The number of β-amino-alcohol motifs (C(OH)–C–C–N with tert-alkyl or cyclic N) is 1. The number of aliphatic hydroxyl groups excluding tert-OH is 1. The maximum atomic E-state index is 8.90. The highest BCUT2D eigenvalue weighted by molar-refractivity contribution is 5.20. The van der Waals surface area contributed by atoms with E-state index in [1.165, 1.54) is 0 Å². The molecule has 0 spiro atoms. The van der Waals surface area contributed by atoms with Crippen LogP contribution in [0, 0.1) is 0 Å². The van der Waals surface area contributed by atoms with Gasteiger partial charge in [0.2, 0.25) is 0 Å². The summed E-state index contributed by atoms with van der Waals surface area (Å²) in [6.45, 7) is 3.90. The molecular formula is C13H19NO3. The first kappa shape index (κ1) is 12.4. The molecule has 0 radical (unpaired) electrons. The Labute approximate surface area is 102 Å². The van der Waals surface area contributed by atoms with Crippen LogP contribution in [-0.2, 0) is 4.74 Å². The molecule has 1 atom stereocenters. The average molecular weight is 237 g/mol. The van der Waals surface area contributed by atoms with Gasteiger partial charge in [-0.3, -0.25) is 4.90 Å². The maximum Gasteiger partial charge on any atom is 0.119 e. The Balaban J connectivity index is 1.75. The van der Waals surface area contributed by atoms with Gasteiger partial charge in [0.05, 0.1) is 13.2 Å². The third-order valence-electron chi connectivity index (χ3n) is 2.82. The van der Waals surface area contributed by atoms with Gasteiger partial charge in [-0.1, -0.05) is 18.2 Å². The van der Waals surface area contributed by atoms with Gasteiger partial charge in [0.15, 0.2) is 0 Å². The third-order valence-corrected chi connectivity index (χ3v) is 2.82. The summed E-state index contributed by atoms with van der Waals surface area (Å²) in [7, 11) is 0. The second-order valence-corrected chi connectivity index (χ2v) is 4.14. The largest absolute Gasteiger partial charge is 0.491 e. The molecular weight excluding hydrogens is 218 g/mol. The van der Waals surface area contributed by atoms with Crippen molar-refractivity contribution in [2.45, 2.75) is 6.10 Å². The lowest BCUT2D eigenvalue weighted by atomic mass is 10.3. The van der Waals surface area contributed by atoms with E-state index in [9.17, 15) is 0 Å².